The van der Waals surface area contributed by atoms with Gasteiger partial charge in [-0.3, -0.25) is 4.57 Å². The monoisotopic (exact) mass is 128 g/mol. The predicted molar refractivity (Wildman–Crippen MR) is 20.6 cm³/mol. The maximum atomic E-state index is 9.46. The second-order valence-corrected chi connectivity index (χ2v) is 2.22. The summed E-state index contributed by atoms with van der Waals surface area (Å²) in [6.07, 6.45) is 0. The largest absolute Gasteiger partial charge is 0.353 e. The Morgan fingerprint density at radius 2 is 1.43 bits per heavy atom. The first-order valence-corrected chi connectivity index (χ1v) is 2.70. The van der Waals surface area contributed by atoms with Crippen molar-refractivity contribution < 1.29 is 24.8 Å². The van der Waals surface area contributed by atoms with Crippen molar-refractivity contribution in [1.82, 2.24) is 0 Å². The molecule has 0 radical (unpaired) electrons. The molecule has 0 rings (SSSR count). The maximum absolute atomic E-state index is 9.46. The van der Waals surface area contributed by atoms with Gasteiger partial charge < -0.3 is 20.2 Å². The van der Waals surface area contributed by atoms with Crippen molar-refractivity contribution in [1.29, 1.82) is 0 Å². The van der Waals surface area contributed by atoms with Gasteiger partial charge in [0.05, 0.1) is 0 Å². The topological polar surface area (TPSA) is 98.0 Å². The van der Waals surface area contributed by atoms with E-state index in [2.05, 4.69) is 0 Å². The van der Waals surface area contributed by atoms with Gasteiger partial charge in [0.15, 0.2) is 0 Å². The molecule has 0 saturated heterocycles. The fraction of sp³-hybridized carbons (Fsp3) is 1.00. The van der Waals surface area contributed by atoms with Gasteiger partial charge in [-0.1, -0.05) is 0 Å². The molecule has 0 aliphatic carbocycles. The van der Waals surface area contributed by atoms with Gasteiger partial charge in [-0.15, -0.1) is 0 Å². The molecule has 7 heavy (non-hydrogen) atoms. The van der Waals surface area contributed by atoms with E-state index < -0.39 is 13.7 Å². The number of hydrogen-bond acceptors (Lipinski definition) is 4. The van der Waals surface area contributed by atoms with Gasteiger partial charge >= 0.3 is 5.71 Å². The Balaban J connectivity index is 3.79. The van der Waals surface area contributed by atoms with Crippen molar-refractivity contribution in [2.75, 3.05) is 0 Å². The molecule has 0 amide bonds. The Bertz CT molecular complexity index is 80.6. The molecule has 1 unspecified atom stereocenters. The summed E-state index contributed by atoms with van der Waals surface area (Å²) in [7, 11) is -3.63. The van der Waals surface area contributed by atoms with Crippen LogP contribution in [-0.4, -0.2) is 25.9 Å². The Kier molecular flexibility index (Phi) is 1.92. The van der Waals surface area contributed by atoms with Crippen LogP contribution in [0.5, 0.6) is 0 Å². The summed E-state index contributed by atoms with van der Waals surface area (Å²) in [5.41, 5.74) is -3.40. The van der Waals surface area contributed by atoms with E-state index in [0.29, 0.717) is 0 Å². The van der Waals surface area contributed by atoms with Crippen LogP contribution in [0, 0.1) is 0 Å². The highest BCUT2D eigenvalue weighted by Gasteiger charge is 2.24. The molecule has 0 fully saturated rings. The minimum absolute atomic E-state index is 3.40. The molecule has 0 aliphatic rings. The zero-order valence-corrected chi connectivity index (χ0v) is 4.20. The minimum atomic E-state index is -3.63. The fourth-order valence-corrected chi connectivity index (χ4v) is 0. The number of hydrogen-bond donors (Lipinski definition) is 4. The second kappa shape index (κ2) is 1.90. The Morgan fingerprint density at radius 1 is 1.29 bits per heavy atom. The van der Waals surface area contributed by atoms with Crippen molar-refractivity contribution >= 4 is 8.03 Å². The summed E-state index contributed by atoms with van der Waals surface area (Å²) in [4.78, 5) is 7.69. The van der Waals surface area contributed by atoms with Crippen LogP contribution in [0.15, 0.2) is 0 Å². The van der Waals surface area contributed by atoms with Crippen LogP contribution in [0.2, 0.25) is 0 Å². The van der Waals surface area contributed by atoms with Crippen molar-refractivity contribution in [3.63, 3.8) is 0 Å². The summed E-state index contributed by atoms with van der Waals surface area (Å²) in [5, 5.41) is 23.1. The van der Waals surface area contributed by atoms with Crippen molar-refractivity contribution in [2.45, 2.75) is 5.71 Å². The molecule has 0 aromatic rings. The molecule has 5 nitrogen and oxygen atoms in total. The molecule has 4 N–H and O–H groups in total. The number of aliphatic hydroxyl groups is 3. The van der Waals surface area contributed by atoms with E-state index in [0.717, 1.165) is 0 Å². The molecule has 6 heteroatoms. The second-order valence-electron chi connectivity index (χ2n) is 0.941. The molecular formula is CH5O5P. The molecule has 0 spiro atoms. The molecule has 0 saturated carbocycles. The average molecular weight is 128 g/mol. The average Bonchev–Trinajstić information content (AvgIpc) is 1.31. The minimum Gasteiger partial charge on any atom is -0.341 e. The van der Waals surface area contributed by atoms with E-state index in [-0.39, 0.29) is 0 Å². The van der Waals surface area contributed by atoms with Crippen LogP contribution in [-0.2, 0) is 4.57 Å². The number of rotatable bonds is 1. The zero-order valence-electron chi connectivity index (χ0n) is 3.20. The van der Waals surface area contributed by atoms with Crippen LogP contribution >= 0.6 is 8.03 Å². The zero-order chi connectivity index (χ0) is 6.08. The third-order valence-electron chi connectivity index (χ3n) is 0.287. The van der Waals surface area contributed by atoms with E-state index in [4.69, 9.17) is 20.2 Å². The van der Waals surface area contributed by atoms with Crippen molar-refractivity contribution in [3.8, 4) is 0 Å². The van der Waals surface area contributed by atoms with Crippen molar-refractivity contribution in [2.24, 2.45) is 0 Å². The van der Waals surface area contributed by atoms with Crippen LogP contribution in [0.1, 0.15) is 0 Å². The van der Waals surface area contributed by atoms with Crippen molar-refractivity contribution in [3.05, 3.63) is 0 Å². The molecule has 0 heterocycles. The molecule has 44 valence electrons. The van der Waals surface area contributed by atoms with Gasteiger partial charge in [0, 0.05) is 0 Å². The first kappa shape index (κ1) is 7.07. The highest BCUT2D eigenvalue weighted by molar-refractivity contribution is 7.39. The predicted octanol–water partition coefficient (Wildman–Crippen LogP) is -1.96. The molecule has 0 bridgehead atoms. The Hall–Kier alpha value is 0.0700. The fourth-order valence-electron chi connectivity index (χ4n) is 0. The van der Waals surface area contributed by atoms with E-state index in [1.807, 2.05) is 0 Å². The van der Waals surface area contributed by atoms with E-state index >= 15 is 0 Å². The Morgan fingerprint density at radius 3 is 1.43 bits per heavy atom. The van der Waals surface area contributed by atoms with E-state index in [1.165, 1.54) is 0 Å². The van der Waals surface area contributed by atoms with Gasteiger partial charge in [-0.2, -0.15) is 0 Å². The molecule has 0 aromatic carbocycles. The molecule has 1 atom stereocenters. The van der Waals surface area contributed by atoms with Crippen LogP contribution in [0.25, 0.3) is 0 Å². The Labute approximate surface area is 39.7 Å². The van der Waals surface area contributed by atoms with Crippen LogP contribution in [0.3, 0.4) is 0 Å². The van der Waals surface area contributed by atoms with E-state index in [9.17, 15) is 4.57 Å². The van der Waals surface area contributed by atoms with Gasteiger partial charge in [0.2, 0.25) is 0 Å². The first-order valence-electron chi connectivity index (χ1n) is 1.35. The molecule has 0 aromatic heterocycles. The van der Waals surface area contributed by atoms with Gasteiger partial charge in [0.25, 0.3) is 8.03 Å². The summed E-state index contributed by atoms with van der Waals surface area (Å²) in [5.74, 6) is 0. The summed E-state index contributed by atoms with van der Waals surface area (Å²) >= 11 is 0. The SMILES string of the molecule is O=[PH](O)C(O)(O)O. The third kappa shape index (κ3) is 2.73. The summed E-state index contributed by atoms with van der Waals surface area (Å²) in [6, 6.07) is 0. The lowest BCUT2D eigenvalue weighted by Gasteiger charge is -2.06. The van der Waals surface area contributed by atoms with Gasteiger partial charge in [0.1, 0.15) is 0 Å². The summed E-state index contributed by atoms with van der Waals surface area (Å²) < 4.78 is 9.46. The highest BCUT2D eigenvalue weighted by atomic mass is 31.1. The lowest BCUT2D eigenvalue weighted by atomic mass is 11.3. The lowest BCUT2D eigenvalue weighted by molar-refractivity contribution is -0.245. The van der Waals surface area contributed by atoms with Gasteiger partial charge in [-0.05, 0) is 0 Å². The highest BCUT2D eigenvalue weighted by Crippen LogP contribution is 2.25. The maximum Gasteiger partial charge on any atom is 0.353 e. The standard InChI is InChI=1S/CH5O5P/c2-1(3,4)7(5)6/h2-4,7H,(H,5,6). The first-order chi connectivity index (χ1) is 2.94. The lowest BCUT2D eigenvalue weighted by Crippen LogP contribution is -2.20. The van der Waals surface area contributed by atoms with Gasteiger partial charge in [-0.25, -0.2) is 0 Å². The third-order valence-corrected chi connectivity index (χ3v) is 0.861. The van der Waals surface area contributed by atoms with E-state index in [1.54, 1.807) is 0 Å². The summed E-state index contributed by atoms with van der Waals surface area (Å²) in [6.45, 7) is 0. The smallest absolute Gasteiger partial charge is 0.341 e. The van der Waals surface area contributed by atoms with Crippen LogP contribution in [0.4, 0.5) is 0 Å². The molecular weight excluding hydrogens is 123 g/mol. The quantitative estimate of drug-likeness (QED) is 0.243. The normalized spacial score (nSPS) is 16.6. The van der Waals surface area contributed by atoms with Crippen LogP contribution < -0.4 is 0 Å². The molecule has 0 aliphatic heterocycles.